The van der Waals surface area contributed by atoms with Crippen molar-refractivity contribution in [3.63, 3.8) is 0 Å². The van der Waals surface area contributed by atoms with E-state index in [1.54, 1.807) is 0 Å². The van der Waals surface area contributed by atoms with E-state index in [0.717, 1.165) is 6.07 Å². The van der Waals surface area contributed by atoms with Crippen molar-refractivity contribution in [3.8, 4) is 0 Å². The standard InChI is InChI=1S/C9H13FN4O5S/c1-19-3-2-12-20(17,18)9-7(10)4-6(14(15)16)5-8(9)13-11/h4-5,12-13H,2-3,11H2,1H3. The highest BCUT2D eigenvalue weighted by atomic mass is 32.2. The fraction of sp³-hybridized carbons (Fsp3) is 0.333. The van der Waals surface area contributed by atoms with Gasteiger partial charge in [0, 0.05) is 19.7 Å². The summed E-state index contributed by atoms with van der Waals surface area (Å²) in [5.41, 5.74) is 0.899. The van der Waals surface area contributed by atoms with Crippen LogP contribution >= 0.6 is 0 Å². The van der Waals surface area contributed by atoms with Gasteiger partial charge < -0.3 is 10.2 Å². The lowest BCUT2D eigenvalue weighted by atomic mass is 10.3. The number of nitro groups is 1. The third kappa shape index (κ3) is 3.60. The predicted molar refractivity (Wildman–Crippen MR) is 67.9 cm³/mol. The van der Waals surface area contributed by atoms with Crippen molar-refractivity contribution < 1.29 is 22.5 Å². The summed E-state index contributed by atoms with van der Waals surface area (Å²) in [7, 11) is -2.85. The number of anilines is 1. The van der Waals surface area contributed by atoms with Crippen LogP contribution in [0.2, 0.25) is 0 Å². The molecule has 112 valence electrons. The lowest BCUT2D eigenvalue weighted by Gasteiger charge is -2.11. The Kier molecular flexibility index (Phi) is 5.33. The number of sulfonamides is 1. The number of non-ortho nitro benzene ring substituents is 1. The Morgan fingerprint density at radius 2 is 2.15 bits per heavy atom. The lowest BCUT2D eigenvalue weighted by molar-refractivity contribution is -0.385. The van der Waals surface area contributed by atoms with Crippen molar-refractivity contribution in [2.45, 2.75) is 4.90 Å². The van der Waals surface area contributed by atoms with Gasteiger partial charge in [0.05, 0.1) is 23.3 Å². The molecular weight excluding hydrogens is 295 g/mol. The zero-order chi connectivity index (χ0) is 15.3. The van der Waals surface area contributed by atoms with Crippen molar-refractivity contribution >= 4 is 21.4 Å². The molecule has 0 radical (unpaired) electrons. The second-order valence-electron chi connectivity index (χ2n) is 3.60. The van der Waals surface area contributed by atoms with Gasteiger partial charge in [0.15, 0.2) is 5.82 Å². The Bertz CT molecular complexity index is 607. The summed E-state index contributed by atoms with van der Waals surface area (Å²) < 4.78 is 44.4. The van der Waals surface area contributed by atoms with Crippen LogP contribution in [0.4, 0.5) is 15.8 Å². The van der Waals surface area contributed by atoms with Crippen LogP contribution in [-0.4, -0.2) is 33.6 Å². The fourth-order valence-electron chi connectivity index (χ4n) is 1.42. The number of methoxy groups -OCH3 is 1. The van der Waals surface area contributed by atoms with Gasteiger partial charge in [0.2, 0.25) is 10.0 Å². The quantitative estimate of drug-likeness (QED) is 0.278. The second kappa shape index (κ2) is 6.56. The van der Waals surface area contributed by atoms with Crippen molar-refractivity contribution in [1.82, 2.24) is 4.72 Å². The van der Waals surface area contributed by atoms with Crippen molar-refractivity contribution in [2.75, 3.05) is 25.7 Å². The monoisotopic (exact) mass is 308 g/mol. The van der Waals surface area contributed by atoms with Gasteiger partial charge in [-0.25, -0.2) is 17.5 Å². The molecule has 0 aromatic heterocycles. The van der Waals surface area contributed by atoms with Crippen molar-refractivity contribution in [2.24, 2.45) is 5.84 Å². The van der Waals surface area contributed by atoms with Crippen LogP contribution in [0.1, 0.15) is 0 Å². The maximum atomic E-state index is 13.8. The maximum Gasteiger partial charge on any atom is 0.274 e. The molecule has 0 saturated heterocycles. The molecule has 0 atom stereocenters. The topological polar surface area (TPSA) is 137 Å². The van der Waals surface area contributed by atoms with E-state index < -0.39 is 37.0 Å². The molecule has 11 heteroatoms. The molecule has 9 nitrogen and oxygen atoms in total. The average molecular weight is 308 g/mol. The van der Waals surface area contributed by atoms with Gasteiger partial charge in [-0.05, 0) is 0 Å². The SMILES string of the molecule is COCCNS(=O)(=O)c1c(F)cc([N+](=O)[O-])cc1NN. The van der Waals surface area contributed by atoms with Crippen LogP contribution in [0.25, 0.3) is 0 Å². The number of nitrogens with two attached hydrogens (primary N) is 1. The minimum absolute atomic E-state index is 0.0826. The summed E-state index contributed by atoms with van der Waals surface area (Å²) in [6.07, 6.45) is 0. The Morgan fingerprint density at radius 3 is 2.65 bits per heavy atom. The number of nitrogens with zero attached hydrogens (tertiary/aromatic N) is 1. The summed E-state index contributed by atoms with van der Waals surface area (Å²) in [4.78, 5) is 8.93. The minimum Gasteiger partial charge on any atom is -0.383 e. The first-order valence-electron chi connectivity index (χ1n) is 5.26. The number of nitro benzene ring substituents is 1. The molecule has 0 aliphatic rings. The van der Waals surface area contributed by atoms with Crippen LogP contribution in [0.3, 0.4) is 0 Å². The molecule has 1 aromatic rings. The van der Waals surface area contributed by atoms with Gasteiger partial charge in [0.25, 0.3) is 5.69 Å². The Balaban J connectivity index is 3.26. The zero-order valence-electron chi connectivity index (χ0n) is 10.4. The summed E-state index contributed by atoms with van der Waals surface area (Å²) in [6.45, 7) is -0.00150. The van der Waals surface area contributed by atoms with Crippen molar-refractivity contribution in [1.29, 1.82) is 0 Å². The molecule has 0 bridgehead atoms. The van der Waals surface area contributed by atoms with E-state index >= 15 is 0 Å². The van der Waals surface area contributed by atoms with Crippen LogP contribution in [-0.2, 0) is 14.8 Å². The van der Waals surface area contributed by atoms with Gasteiger partial charge in [-0.3, -0.25) is 16.0 Å². The molecule has 1 aromatic carbocycles. The first-order chi connectivity index (χ1) is 9.33. The van der Waals surface area contributed by atoms with Crippen molar-refractivity contribution in [3.05, 3.63) is 28.1 Å². The highest BCUT2D eigenvalue weighted by Gasteiger charge is 2.26. The van der Waals surface area contributed by atoms with E-state index in [9.17, 15) is 22.9 Å². The van der Waals surface area contributed by atoms with E-state index in [-0.39, 0.29) is 13.2 Å². The number of ether oxygens (including phenoxy) is 1. The van der Waals surface area contributed by atoms with Gasteiger partial charge in [-0.1, -0.05) is 0 Å². The van der Waals surface area contributed by atoms with Gasteiger partial charge in [0.1, 0.15) is 4.90 Å². The molecule has 1 rings (SSSR count). The largest absolute Gasteiger partial charge is 0.383 e. The Hall–Kier alpha value is -1.82. The number of rotatable bonds is 7. The van der Waals surface area contributed by atoms with Crippen LogP contribution in [0.5, 0.6) is 0 Å². The Morgan fingerprint density at radius 1 is 1.50 bits per heavy atom. The van der Waals surface area contributed by atoms with E-state index in [0.29, 0.717) is 6.07 Å². The molecule has 0 spiro atoms. The van der Waals surface area contributed by atoms with Crippen LogP contribution < -0.4 is 16.0 Å². The number of benzene rings is 1. The molecule has 0 saturated carbocycles. The predicted octanol–water partition coefficient (Wildman–Crippen LogP) is -0.0558. The number of hydrazine groups is 1. The smallest absolute Gasteiger partial charge is 0.274 e. The van der Waals surface area contributed by atoms with Crippen LogP contribution in [0, 0.1) is 15.9 Å². The average Bonchev–Trinajstić information content (AvgIpc) is 2.37. The molecule has 0 heterocycles. The molecule has 0 fully saturated rings. The lowest BCUT2D eigenvalue weighted by Crippen LogP contribution is -2.29. The van der Waals surface area contributed by atoms with E-state index in [2.05, 4.69) is 9.46 Å². The van der Waals surface area contributed by atoms with Crippen LogP contribution in [0.15, 0.2) is 17.0 Å². The number of nitrogen functional groups attached to an aromatic ring is 1. The van der Waals surface area contributed by atoms with E-state index in [1.807, 2.05) is 5.43 Å². The summed E-state index contributed by atoms with van der Waals surface area (Å²) in [5, 5.41) is 10.6. The molecule has 20 heavy (non-hydrogen) atoms. The first-order valence-corrected chi connectivity index (χ1v) is 6.75. The van der Waals surface area contributed by atoms with Gasteiger partial charge in [-0.15, -0.1) is 0 Å². The fourth-order valence-corrected chi connectivity index (χ4v) is 2.63. The highest BCUT2D eigenvalue weighted by Crippen LogP contribution is 2.28. The molecule has 0 amide bonds. The molecule has 0 aliphatic carbocycles. The number of hydrogen-bond acceptors (Lipinski definition) is 7. The summed E-state index contributed by atoms with van der Waals surface area (Å²) in [6, 6.07) is 1.33. The zero-order valence-corrected chi connectivity index (χ0v) is 11.2. The minimum atomic E-state index is -4.22. The molecule has 4 N–H and O–H groups in total. The molecule has 0 unspecified atom stereocenters. The molecular formula is C9H13FN4O5S. The number of hydrogen-bond donors (Lipinski definition) is 3. The van der Waals surface area contributed by atoms with E-state index in [4.69, 9.17) is 5.84 Å². The number of halogens is 1. The summed E-state index contributed by atoms with van der Waals surface area (Å²) in [5.74, 6) is 3.80. The maximum absolute atomic E-state index is 13.8. The second-order valence-corrected chi connectivity index (χ2v) is 5.30. The summed E-state index contributed by atoms with van der Waals surface area (Å²) >= 11 is 0. The van der Waals surface area contributed by atoms with Gasteiger partial charge in [-0.2, -0.15) is 0 Å². The normalized spacial score (nSPS) is 11.3. The Labute approximate surface area is 114 Å². The third-order valence-electron chi connectivity index (χ3n) is 2.26. The first kappa shape index (κ1) is 16.2. The van der Waals surface area contributed by atoms with Gasteiger partial charge >= 0.3 is 0 Å². The highest BCUT2D eigenvalue weighted by molar-refractivity contribution is 7.89. The number of nitrogens with one attached hydrogen (secondary N) is 2. The van der Waals surface area contributed by atoms with E-state index in [1.165, 1.54) is 7.11 Å². The third-order valence-corrected chi connectivity index (χ3v) is 3.80. The molecule has 0 aliphatic heterocycles.